The second kappa shape index (κ2) is 5.41. The SMILES string of the molecule is CCC1NC(C)(CC)C(=O)N1CC1(CCOC)CC1. The van der Waals surface area contributed by atoms with Crippen molar-refractivity contribution in [2.45, 2.75) is 64.6 Å². The van der Waals surface area contributed by atoms with E-state index in [1.54, 1.807) is 7.11 Å². The van der Waals surface area contributed by atoms with Crippen molar-refractivity contribution in [2.24, 2.45) is 5.41 Å². The lowest BCUT2D eigenvalue weighted by molar-refractivity contribution is -0.133. The Labute approximate surface area is 116 Å². The molecule has 0 aromatic heterocycles. The van der Waals surface area contributed by atoms with E-state index in [1.807, 2.05) is 6.92 Å². The average molecular weight is 268 g/mol. The van der Waals surface area contributed by atoms with Crippen LogP contribution >= 0.6 is 0 Å². The summed E-state index contributed by atoms with van der Waals surface area (Å²) in [7, 11) is 1.75. The number of hydrogen-bond donors (Lipinski definition) is 1. The number of carbonyl (C=O) groups excluding carboxylic acids is 1. The van der Waals surface area contributed by atoms with Crippen LogP contribution in [0.2, 0.25) is 0 Å². The molecule has 110 valence electrons. The van der Waals surface area contributed by atoms with Gasteiger partial charge in [-0.2, -0.15) is 0 Å². The highest BCUT2D eigenvalue weighted by Crippen LogP contribution is 2.50. The molecule has 19 heavy (non-hydrogen) atoms. The molecular formula is C15H28N2O2. The monoisotopic (exact) mass is 268 g/mol. The zero-order valence-corrected chi connectivity index (χ0v) is 12.8. The summed E-state index contributed by atoms with van der Waals surface area (Å²) >= 11 is 0. The molecule has 2 atom stereocenters. The Morgan fingerprint density at radius 1 is 1.42 bits per heavy atom. The first-order valence-corrected chi connectivity index (χ1v) is 7.58. The highest BCUT2D eigenvalue weighted by molar-refractivity contribution is 5.88. The minimum atomic E-state index is -0.363. The van der Waals surface area contributed by atoms with E-state index in [2.05, 4.69) is 24.1 Å². The highest BCUT2D eigenvalue weighted by Gasteiger charge is 2.51. The lowest BCUT2D eigenvalue weighted by Crippen LogP contribution is -2.43. The highest BCUT2D eigenvalue weighted by atomic mass is 16.5. The average Bonchev–Trinajstić information content (AvgIpc) is 3.14. The van der Waals surface area contributed by atoms with E-state index < -0.39 is 0 Å². The number of carbonyl (C=O) groups is 1. The molecule has 1 heterocycles. The Morgan fingerprint density at radius 3 is 2.58 bits per heavy atom. The van der Waals surface area contributed by atoms with Crippen LogP contribution in [0.4, 0.5) is 0 Å². The summed E-state index contributed by atoms with van der Waals surface area (Å²) in [6.07, 6.45) is 5.58. The lowest BCUT2D eigenvalue weighted by atomic mass is 9.98. The molecule has 1 amide bonds. The van der Waals surface area contributed by atoms with Gasteiger partial charge < -0.3 is 9.64 Å². The van der Waals surface area contributed by atoms with E-state index in [0.29, 0.717) is 5.41 Å². The van der Waals surface area contributed by atoms with Gasteiger partial charge in [0.15, 0.2) is 0 Å². The number of rotatable bonds is 7. The molecule has 1 saturated carbocycles. The maximum Gasteiger partial charge on any atom is 0.243 e. The van der Waals surface area contributed by atoms with Crippen LogP contribution < -0.4 is 5.32 Å². The molecule has 1 aliphatic heterocycles. The molecule has 2 fully saturated rings. The number of methoxy groups -OCH3 is 1. The minimum absolute atomic E-state index is 0.206. The Hall–Kier alpha value is -0.610. The van der Waals surface area contributed by atoms with Crippen LogP contribution in [0.25, 0.3) is 0 Å². The largest absolute Gasteiger partial charge is 0.385 e. The van der Waals surface area contributed by atoms with Crippen molar-refractivity contribution in [1.82, 2.24) is 10.2 Å². The van der Waals surface area contributed by atoms with E-state index >= 15 is 0 Å². The van der Waals surface area contributed by atoms with Gasteiger partial charge in [0.25, 0.3) is 0 Å². The zero-order valence-electron chi connectivity index (χ0n) is 12.8. The third-order valence-corrected chi connectivity index (χ3v) is 4.99. The van der Waals surface area contributed by atoms with Gasteiger partial charge in [-0.1, -0.05) is 13.8 Å². The van der Waals surface area contributed by atoms with Gasteiger partial charge in [-0.25, -0.2) is 0 Å². The summed E-state index contributed by atoms with van der Waals surface area (Å²) in [6, 6.07) is 0. The smallest absolute Gasteiger partial charge is 0.243 e. The van der Waals surface area contributed by atoms with Crippen LogP contribution in [0.3, 0.4) is 0 Å². The first-order valence-electron chi connectivity index (χ1n) is 7.58. The molecule has 4 heteroatoms. The van der Waals surface area contributed by atoms with Crippen LogP contribution in [0.15, 0.2) is 0 Å². The molecule has 0 bridgehead atoms. The van der Waals surface area contributed by atoms with Crippen LogP contribution in [0, 0.1) is 5.41 Å². The van der Waals surface area contributed by atoms with Gasteiger partial charge in [0, 0.05) is 20.3 Å². The van der Waals surface area contributed by atoms with E-state index in [9.17, 15) is 4.79 Å². The van der Waals surface area contributed by atoms with Crippen molar-refractivity contribution >= 4 is 5.91 Å². The molecular weight excluding hydrogens is 240 g/mol. The Kier molecular flexibility index (Phi) is 4.21. The Bertz CT molecular complexity index is 341. The fraction of sp³-hybridized carbons (Fsp3) is 0.933. The quantitative estimate of drug-likeness (QED) is 0.769. The van der Waals surface area contributed by atoms with Crippen molar-refractivity contribution in [1.29, 1.82) is 0 Å². The van der Waals surface area contributed by atoms with Crippen molar-refractivity contribution < 1.29 is 9.53 Å². The minimum Gasteiger partial charge on any atom is -0.385 e. The van der Waals surface area contributed by atoms with Crippen molar-refractivity contribution in [3.8, 4) is 0 Å². The molecule has 2 unspecified atom stereocenters. The summed E-state index contributed by atoms with van der Waals surface area (Å²) < 4.78 is 5.21. The summed E-state index contributed by atoms with van der Waals surface area (Å²) in [5, 5.41) is 3.52. The van der Waals surface area contributed by atoms with Gasteiger partial charge in [0.2, 0.25) is 5.91 Å². The normalized spacial score (nSPS) is 32.9. The molecule has 0 aromatic carbocycles. The zero-order chi connectivity index (χ0) is 14.1. The van der Waals surface area contributed by atoms with Gasteiger partial charge in [-0.3, -0.25) is 10.1 Å². The summed E-state index contributed by atoms with van der Waals surface area (Å²) in [5.41, 5.74) is -0.0300. The predicted octanol–water partition coefficient (Wildman–Crippen LogP) is 2.14. The first-order chi connectivity index (χ1) is 9.00. The van der Waals surface area contributed by atoms with Gasteiger partial charge in [0.1, 0.15) is 0 Å². The fourth-order valence-electron chi connectivity index (χ4n) is 3.07. The molecule has 1 saturated heterocycles. The lowest BCUT2D eigenvalue weighted by Gasteiger charge is -2.28. The molecule has 2 rings (SSSR count). The van der Waals surface area contributed by atoms with Crippen molar-refractivity contribution in [2.75, 3.05) is 20.3 Å². The molecule has 2 aliphatic rings. The second-order valence-electron chi connectivity index (χ2n) is 6.43. The topological polar surface area (TPSA) is 41.6 Å². The van der Waals surface area contributed by atoms with Crippen LogP contribution in [-0.2, 0) is 9.53 Å². The first kappa shape index (κ1) is 14.8. The van der Waals surface area contributed by atoms with E-state index in [1.165, 1.54) is 12.8 Å². The molecule has 1 aliphatic carbocycles. The van der Waals surface area contributed by atoms with Gasteiger partial charge >= 0.3 is 0 Å². The number of hydrogen-bond acceptors (Lipinski definition) is 3. The summed E-state index contributed by atoms with van der Waals surface area (Å²) in [5.74, 6) is 0.283. The van der Waals surface area contributed by atoms with Crippen LogP contribution in [-0.4, -0.2) is 42.8 Å². The number of amides is 1. The maximum absolute atomic E-state index is 12.6. The van der Waals surface area contributed by atoms with E-state index in [0.717, 1.165) is 32.4 Å². The van der Waals surface area contributed by atoms with Crippen molar-refractivity contribution in [3.05, 3.63) is 0 Å². The maximum atomic E-state index is 12.6. The number of nitrogens with one attached hydrogen (secondary N) is 1. The van der Waals surface area contributed by atoms with Gasteiger partial charge in [-0.05, 0) is 44.4 Å². The Balaban J connectivity index is 2.04. The van der Waals surface area contributed by atoms with Gasteiger partial charge in [0.05, 0.1) is 11.7 Å². The molecule has 0 aromatic rings. The summed E-state index contributed by atoms with van der Waals surface area (Å²) in [6.45, 7) is 7.97. The van der Waals surface area contributed by atoms with Gasteiger partial charge in [-0.15, -0.1) is 0 Å². The third kappa shape index (κ3) is 2.79. The molecule has 0 spiro atoms. The second-order valence-corrected chi connectivity index (χ2v) is 6.43. The standard InChI is InChI=1S/C15H28N2O2/c1-5-12-16-14(3,6-2)13(18)17(12)11-15(7-8-15)9-10-19-4/h12,16H,5-11H2,1-4H3. The third-order valence-electron chi connectivity index (χ3n) is 4.99. The summed E-state index contributed by atoms with van der Waals surface area (Å²) in [4.78, 5) is 14.7. The van der Waals surface area contributed by atoms with Crippen LogP contribution in [0.5, 0.6) is 0 Å². The van der Waals surface area contributed by atoms with E-state index in [4.69, 9.17) is 4.74 Å². The fourth-order valence-corrected chi connectivity index (χ4v) is 3.07. The van der Waals surface area contributed by atoms with E-state index in [-0.39, 0.29) is 17.6 Å². The Morgan fingerprint density at radius 2 is 2.11 bits per heavy atom. The van der Waals surface area contributed by atoms with Crippen molar-refractivity contribution in [3.63, 3.8) is 0 Å². The molecule has 0 radical (unpaired) electrons. The number of ether oxygens (including phenoxy) is 1. The number of nitrogens with zero attached hydrogens (tertiary/aromatic N) is 1. The molecule has 1 N–H and O–H groups in total. The predicted molar refractivity (Wildman–Crippen MR) is 75.8 cm³/mol. The molecule has 4 nitrogen and oxygen atoms in total. The van der Waals surface area contributed by atoms with Crippen LogP contribution in [0.1, 0.15) is 52.9 Å².